The maximum absolute atomic E-state index is 11.2. The first-order valence-corrected chi connectivity index (χ1v) is 6.14. The molecule has 17 heavy (non-hydrogen) atoms. The third-order valence-electron chi connectivity index (χ3n) is 2.48. The predicted molar refractivity (Wildman–Crippen MR) is 68.0 cm³/mol. The van der Waals surface area contributed by atoms with Crippen LogP contribution in [0.2, 0.25) is 0 Å². The molecular formula is C12H10N2O2S. The highest BCUT2D eigenvalue weighted by Gasteiger charge is 2.06. The molecule has 2 heterocycles. The number of aromatic nitrogens is 2. The first-order chi connectivity index (χ1) is 8.28. The van der Waals surface area contributed by atoms with Crippen LogP contribution in [0.4, 0.5) is 0 Å². The lowest BCUT2D eigenvalue weighted by Gasteiger charge is -2.02. The summed E-state index contributed by atoms with van der Waals surface area (Å²) in [5.74, 6) is 0.832. The summed E-state index contributed by atoms with van der Waals surface area (Å²) in [5, 5.41) is 0. The Morgan fingerprint density at radius 3 is 3.12 bits per heavy atom. The Kier molecular flexibility index (Phi) is 2.33. The number of hydrogen-bond donors (Lipinski definition) is 0. The van der Waals surface area contributed by atoms with Crippen molar-refractivity contribution in [2.24, 2.45) is 0 Å². The molecule has 0 amide bonds. The van der Waals surface area contributed by atoms with Gasteiger partial charge in [0, 0.05) is 18.3 Å². The molecule has 0 atom stereocenters. The van der Waals surface area contributed by atoms with Crippen molar-refractivity contribution < 1.29 is 4.74 Å². The standard InChI is InChI=1S/C12H10N2O2S/c1-2-16-8-3-4-10-9(7-8)14-6-5-11(15)13-12(14)17-10/h3-7H,2H2,1H3. The van der Waals surface area contributed by atoms with Gasteiger partial charge in [0.15, 0.2) is 4.96 Å². The van der Waals surface area contributed by atoms with E-state index in [-0.39, 0.29) is 5.56 Å². The Balaban J connectivity index is 2.33. The van der Waals surface area contributed by atoms with Gasteiger partial charge in [0.05, 0.1) is 16.8 Å². The van der Waals surface area contributed by atoms with Crippen molar-refractivity contribution in [2.75, 3.05) is 6.61 Å². The highest BCUT2D eigenvalue weighted by atomic mass is 32.1. The molecular weight excluding hydrogens is 236 g/mol. The first kappa shape index (κ1) is 10.3. The molecule has 0 spiro atoms. The fourth-order valence-electron chi connectivity index (χ4n) is 1.77. The minimum Gasteiger partial charge on any atom is -0.494 e. The molecule has 86 valence electrons. The third kappa shape index (κ3) is 1.68. The molecule has 3 rings (SSSR count). The number of nitrogens with zero attached hydrogens (tertiary/aromatic N) is 2. The van der Waals surface area contributed by atoms with Crippen LogP contribution in [0, 0.1) is 0 Å². The van der Waals surface area contributed by atoms with E-state index in [4.69, 9.17) is 4.74 Å². The van der Waals surface area contributed by atoms with Gasteiger partial charge in [-0.25, -0.2) is 0 Å². The van der Waals surface area contributed by atoms with Gasteiger partial charge in [-0.1, -0.05) is 11.3 Å². The summed E-state index contributed by atoms with van der Waals surface area (Å²) < 4.78 is 8.46. The van der Waals surface area contributed by atoms with E-state index in [1.807, 2.05) is 29.5 Å². The number of ether oxygens (including phenoxy) is 1. The van der Waals surface area contributed by atoms with Crippen LogP contribution in [-0.2, 0) is 0 Å². The molecule has 2 aromatic heterocycles. The Hall–Kier alpha value is -1.88. The maximum Gasteiger partial charge on any atom is 0.273 e. The van der Waals surface area contributed by atoms with Crippen molar-refractivity contribution in [1.82, 2.24) is 9.38 Å². The van der Waals surface area contributed by atoms with Gasteiger partial charge in [-0.2, -0.15) is 4.98 Å². The van der Waals surface area contributed by atoms with E-state index in [1.165, 1.54) is 17.4 Å². The van der Waals surface area contributed by atoms with Gasteiger partial charge in [0.1, 0.15) is 5.75 Å². The molecule has 0 radical (unpaired) electrons. The zero-order chi connectivity index (χ0) is 11.8. The average Bonchev–Trinajstić information content (AvgIpc) is 2.66. The Labute approximate surface area is 101 Å². The smallest absolute Gasteiger partial charge is 0.273 e. The average molecular weight is 246 g/mol. The zero-order valence-electron chi connectivity index (χ0n) is 9.21. The summed E-state index contributed by atoms with van der Waals surface area (Å²) >= 11 is 1.50. The van der Waals surface area contributed by atoms with Crippen LogP contribution in [0.5, 0.6) is 5.75 Å². The summed E-state index contributed by atoms with van der Waals surface area (Å²) in [6.07, 6.45) is 1.75. The van der Waals surface area contributed by atoms with E-state index in [0.717, 1.165) is 16.0 Å². The summed E-state index contributed by atoms with van der Waals surface area (Å²) in [4.78, 5) is 15.9. The quantitative estimate of drug-likeness (QED) is 0.697. The largest absolute Gasteiger partial charge is 0.494 e. The summed E-state index contributed by atoms with van der Waals surface area (Å²) in [6, 6.07) is 7.35. The topological polar surface area (TPSA) is 43.6 Å². The minimum atomic E-state index is -0.207. The van der Waals surface area contributed by atoms with Crippen molar-refractivity contribution in [3.8, 4) is 5.75 Å². The van der Waals surface area contributed by atoms with Crippen molar-refractivity contribution in [1.29, 1.82) is 0 Å². The van der Waals surface area contributed by atoms with Gasteiger partial charge in [0.25, 0.3) is 5.56 Å². The molecule has 0 aliphatic carbocycles. The molecule has 0 unspecified atom stereocenters. The number of thiazole rings is 1. The lowest BCUT2D eigenvalue weighted by atomic mass is 10.3. The Morgan fingerprint density at radius 1 is 1.41 bits per heavy atom. The molecule has 0 aliphatic heterocycles. The molecule has 1 aromatic carbocycles. The van der Waals surface area contributed by atoms with Crippen LogP contribution >= 0.6 is 11.3 Å². The van der Waals surface area contributed by atoms with Crippen LogP contribution in [0.15, 0.2) is 35.3 Å². The molecule has 0 fully saturated rings. The van der Waals surface area contributed by atoms with E-state index in [2.05, 4.69) is 4.98 Å². The van der Waals surface area contributed by atoms with Gasteiger partial charge in [0.2, 0.25) is 0 Å². The van der Waals surface area contributed by atoms with Crippen LogP contribution < -0.4 is 10.3 Å². The van der Waals surface area contributed by atoms with Gasteiger partial charge in [-0.15, -0.1) is 0 Å². The van der Waals surface area contributed by atoms with E-state index in [0.29, 0.717) is 11.6 Å². The van der Waals surface area contributed by atoms with E-state index >= 15 is 0 Å². The second kappa shape index (κ2) is 3.85. The lowest BCUT2D eigenvalue weighted by Crippen LogP contribution is -2.04. The molecule has 3 aromatic rings. The zero-order valence-corrected chi connectivity index (χ0v) is 10.0. The van der Waals surface area contributed by atoms with Gasteiger partial charge < -0.3 is 4.74 Å². The van der Waals surface area contributed by atoms with E-state index in [9.17, 15) is 4.79 Å². The molecule has 0 saturated heterocycles. The second-order valence-electron chi connectivity index (χ2n) is 3.58. The normalized spacial score (nSPS) is 11.1. The van der Waals surface area contributed by atoms with Crippen LogP contribution in [-0.4, -0.2) is 16.0 Å². The molecule has 0 N–H and O–H groups in total. The fourth-order valence-corrected chi connectivity index (χ4v) is 2.76. The summed E-state index contributed by atoms with van der Waals surface area (Å²) in [6.45, 7) is 2.59. The molecule has 0 saturated carbocycles. The van der Waals surface area contributed by atoms with Crippen molar-refractivity contribution in [3.05, 3.63) is 40.8 Å². The van der Waals surface area contributed by atoms with Crippen LogP contribution in [0.1, 0.15) is 6.92 Å². The first-order valence-electron chi connectivity index (χ1n) is 5.32. The monoisotopic (exact) mass is 246 g/mol. The van der Waals surface area contributed by atoms with Gasteiger partial charge in [-0.05, 0) is 19.1 Å². The molecule has 4 nitrogen and oxygen atoms in total. The minimum absolute atomic E-state index is 0.207. The van der Waals surface area contributed by atoms with Crippen molar-refractivity contribution in [2.45, 2.75) is 6.92 Å². The summed E-state index contributed by atoms with van der Waals surface area (Å²) in [5.41, 5.74) is 0.810. The van der Waals surface area contributed by atoms with E-state index in [1.54, 1.807) is 6.20 Å². The van der Waals surface area contributed by atoms with Crippen molar-refractivity contribution in [3.63, 3.8) is 0 Å². The molecule has 5 heteroatoms. The fraction of sp³-hybridized carbons (Fsp3) is 0.167. The highest BCUT2D eigenvalue weighted by Crippen LogP contribution is 2.27. The maximum atomic E-state index is 11.2. The number of fused-ring (bicyclic) bond motifs is 3. The van der Waals surface area contributed by atoms with Gasteiger partial charge >= 0.3 is 0 Å². The number of benzene rings is 1. The molecule has 0 aliphatic rings. The SMILES string of the molecule is CCOc1ccc2sc3nc(=O)ccn3c2c1. The van der Waals surface area contributed by atoms with Crippen LogP contribution in [0.3, 0.4) is 0 Å². The highest BCUT2D eigenvalue weighted by molar-refractivity contribution is 7.23. The second-order valence-corrected chi connectivity index (χ2v) is 4.59. The third-order valence-corrected chi connectivity index (χ3v) is 3.52. The molecule has 0 bridgehead atoms. The summed E-state index contributed by atoms with van der Waals surface area (Å²) in [7, 11) is 0. The van der Waals surface area contributed by atoms with E-state index < -0.39 is 0 Å². The number of rotatable bonds is 2. The Morgan fingerprint density at radius 2 is 2.29 bits per heavy atom. The Bertz CT molecular complexity index is 745. The van der Waals surface area contributed by atoms with Gasteiger partial charge in [-0.3, -0.25) is 9.20 Å². The lowest BCUT2D eigenvalue weighted by molar-refractivity contribution is 0.340. The van der Waals surface area contributed by atoms with Crippen molar-refractivity contribution >= 4 is 26.5 Å². The van der Waals surface area contributed by atoms with Crippen LogP contribution in [0.25, 0.3) is 15.2 Å². The number of hydrogen-bond acceptors (Lipinski definition) is 4. The predicted octanol–water partition coefficient (Wildman–Crippen LogP) is 2.31.